The first-order valence-corrected chi connectivity index (χ1v) is 16.3. The summed E-state index contributed by atoms with van der Waals surface area (Å²) in [5, 5.41) is 11.3. The third-order valence-corrected chi connectivity index (χ3v) is 7.60. The largest absolute Gasteiger partial charge is 0.674 e. The van der Waals surface area contributed by atoms with Gasteiger partial charge in [0.2, 0.25) is 0 Å². The van der Waals surface area contributed by atoms with Crippen LogP contribution in [-0.2, 0) is 38.4 Å². The van der Waals surface area contributed by atoms with Crippen LogP contribution in [0.1, 0.15) is 86.9 Å². The molecule has 0 saturated heterocycles. The summed E-state index contributed by atoms with van der Waals surface area (Å²) in [7, 11) is 2.00. The number of nitrogens with zero attached hydrogens (tertiary/aromatic N) is 3. The average Bonchev–Trinajstić information content (AvgIpc) is 3.40. The molecule has 1 aromatic heterocycles. The second kappa shape index (κ2) is 19.6. The first-order chi connectivity index (χ1) is 22.4. The van der Waals surface area contributed by atoms with E-state index in [9.17, 15) is 0 Å². The molecule has 0 spiro atoms. The smallest absolute Gasteiger partial charge is 0.0681 e. The van der Waals surface area contributed by atoms with Crippen molar-refractivity contribution in [1.82, 2.24) is 9.78 Å². The fourth-order valence-electron chi connectivity index (χ4n) is 5.07. The fraction of sp³-hybridized carbons (Fsp3) is 0.227. The third-order valence-electron chi connectivity index (χ3n) is 7.60. The molecule has 0 atom stereocenters. The Hall–Kier alpha value is -4.15. The van der Waals surface area contributed by atoms with Crippen molar-refractivity contribution in [1.29, 1.82) is 0 Å². The normalized spacial score (nSPS) is 10.4. The Kier molecular flexibility index (Phi) is 16.4. The minimum absolute atomic E-state index is 0. The molecule has 0 aliphatic carbocycles. The van der Waals surface area contributed by atoms with Gasteiger partial charge in [-0.05, 0) is 17.9 Å². The molecule has 0 unspecified atom stereocenters. The molecule has 0 N–H and O–H groups in total. The van der Waals surface area contributed by atoms with Crippen LogP contribution >= 0.6 is 0 Å². The van der Waals surface area contributed by atoms with E-state index in [0.29, 0.717) is 11.8 Å². The predicted octanol–water partition coefficient (Wildman–Crippen LogP) is 12.4. The van der Waals surface area contributed by atoms with Crippen LogP contribution < -0.4 is 0 Å². The molecule has 0 fully saturated rings. The van der Waals surface area contributed by atoms with Gasteiger partial charge in [-0.1, -0.05) is 113 Å². The summed E-state index contributed by atoms with van der Waals surface area (Å²) in [6.07, 6.45) is 0. The van der Waals surface area contributed by atoms with Crippen LogP contribution in [0.25, 0.3) is 16.2 Å². The number of aryl methyl sites for hydroxylation is 1. The summed E-state index contributed by atoms with van der Waals surface area (Å²) in [6, 6.07) is 44.6. The first-order valence-electron chi connectivity index (χ1n) is 16.3. The Bertz CT molecular complexity index is 1640. The number of rotatable bonds is 5. The van der Waals surface area contributed by atoms with Crippen molar-refractivity contribution < 1.29 is 25.8 Å². The van der Waals surface area contributed by atoms with Crippen molar-refractivity contribution in [3.63, 3.8) is 0 Å². The first kappa shape index (κ1) is 40.0. The van der Waals surface area contributed by atoms with Gasteiger partial charge < -0.3 is 5.32 Å². The number of fused-ring (bicyclic) bond motifs is 1. The topological polar surface area (TPSA) is 31.9 Å². The molecule has 5 aromatic carbocycles. The molecular formula is C44H51HfN3-4. The van der Waals surface area contributed by atoms with Gasteiger partial charge in [0.15, 0.2) is 0 Å². The van der Waals surface area contributed by atoms with E-state index in [4.69, 9.17) is 10.4 Å². The standard InChI is InChI=1S/C23H30N3.3C7H7.Hf/c1-15(2)17-12-10-13-18(16(3)4)21(17)24-23(5,6)22-19-11-8-9-14-20(19)26(7)25-22;3*1-7-5-3-2-4-6-7;/h8-16H,1-7H3;3*2-6H,1H2;/q4*-1;. The van der Waals surface area contributed by atoms with Gasteiger partial charge in [0.05, 0.1) is 11.2 Å². The summed E-state index contributed by atoms with van der Waals surface area (Å²) < 4.78 is 1.96. The summed E-state index contributed by atoms with van der Waals surface area (Å²) >= 11 is 0. The summed E-state index contributed by atoms with van der Waals surface area (Å²) in [5.41, 5.74) is 8.74. The molecule has 6 rings (SSSR count). The van der Waals surface area contributed by atoms with Gasteiger partial charge in [-0.3, -0.25) is 4.68 Å². The monoisotopic (exact) mass is 801 g/mol. The van der Waals surface area contributed by atoms with Crippen molar-refractivity contribution in [3.05, 3.63) is 193 Å². The number of aromatic nitrogens is 2. The molecule has 0 amide bonds. The Labute approximate surface area is 309 Å². The predicted molar refractivity (Wildman–Crippen MR) is 204 cm³/mol. The quantitative estimate of drug-likeness (QED) is 0.126. The Morgan fingerprint density at radius 3 is 1.29 bits per heavy atom. The molecule has 0 bridgehead atoms. The number of benzene rings is 5. The van der Waals surface area contributed by atoms with E-state index in [0.717, 1.165) is 33.6 Å². The Balaban J connectivity index is 0.000000292. The number of hydrogen-bond acceptors (Lipinski definition) is 1. The third kappa shape index (κ3) is 12.1. The summed E-state index contributed by atoms with van der Waals surface area (Å²) in [4.78, 5) is 0. The summed E-state index contributed by atoms with van der Waals surface area (Å²) in [6.45, 7) is 24.5. The number of hydrogen-bond donors (Lipinski definition) is 0. The van der Waals surface area contributed by atoms with E-state index in [1.165, 1.54) is 16.5 Å². The van der Waals surface area contributed by atoms with Crippen LogP contribution in [0.4, 0.5) is 5.69 Å². The zero-order valence-electron chi connectivity index (χ0n) is 29.8. The molecule has 250 valence electrons. The molecule has 48 heavy (non-hydrogen) atoms. The SMILES string of the molecule is CC(C)c1cccc(C(C)C)c1[N-]C(C)(C)c1nn(C)c2ccccc12.[CH2-]c1ccccc1.[CH2-]c1ccccc1.[CH2-]c1ccccc1.[Hf]. The molecule has 0 saturated carbocycles. The van der Waals surface area contributed by atoms with Gasteiger partial charge in [0.1, 0.15) is 0 Å². The van der Waals surface area contributed by atoms with E-state index in [-0.39, 0.29) is 25.8 Å². The Morgan fingerprint density at radius 1 is 0.562 bits per heavy atom. The van der Waals surface area contributed by atoms with Gasteiger partial charge in [-0.2, -0.15) is 79.0 Å². The van der Waals surface area contributed by atoms with E-state index in [1.807, 2.05) is 103 Å². The summed E-state index contributed by atoms with van der Waals surface area (Å²) in [5.74, 6) is 0.868. The molecule has 0 radical (unpaired) electrons. The molecule has 4 heteroatoms. The average molecular weight is 800 g/mol. The zero-order chi connectivity index (χ0) is 34.4. The van der Waals surface area contributed by atoms with Crippen molar-refractivity contribution in [2.45, 2.75) is 58.9 Å². The van der Waals surface area contributed by atoms with Crippen LogP contribution in [0.3, 0.4) is 0 Å². The van der Waals surface area contributed by atoms with Crippen molar-refractivity contribution in [2.75, 3.05) is 0 Å². The molecule has 0 aliphatic heterocycles. The zero-order valence-corrected chi connectivity index (χ0v) is 33.4. The van der Waals surface area contributed by atoms with E-state index >= 15 is 0 Å². The van der Waals surface area contributed by atoms with E-state index in [2.05, 4.69) is 105 Å². The maximum Gasteiger partial charge on any atom is 0.0681 e. The van der Waals surface area contributed by atoms with Crippen LogP contribution in [0.2, 0.25) is 0 Å². The van der Waals surface area contributed by atoms with Gasteiger partial charge in [0, 0.05) is 38.3 Å². The van der Waals surface area contributed by atoms with Crippen LogP contribution in [0.15, 0.2) is 133 Å². The maximum absolute atomic E-state index is 5.29. The van der Waals surface area contributed by atoms with Gasteiger partial charge in [-0.15, -0.1) is 42.1 Å². The van der Waals surface area contributed by atoms with Crippen LogP contribution in [-0.4, -0.2) is 9.78 Å². The second-order valence-electron chi connectivity index (χ2n) is 12.7. The van der Waals surface area contributed by atoms with Crippen LogP contribution in [0, 0.1) is 20.8 Å². The molecule has 3 nitrogen and oxygen atoms in total. The fourth-order valence-corrected chi connectivity index (χ4v) is 5.07. The van der Waals surface area contributed by atoms with Crippen molar-refractivity contribution in [2.24, 2.45) is 7.05 Å². The van der Waals surface area contributed by atoms with Crippen LogP contribution in [0.5, 0.6) is 0 Å². The van der Waals surface area contributed by atoms with Gasteiger partial charge in [-0.25, -0.2) is 0 Å². The Morgan fingerprint density at radius 2 is 0.938 bits per heavy atom. The van der Waals surface area contributed by atoms with Gasteiger partial charge in [0.25, 0.3) is 0 Å². The van der Waals surface area contributed by atoms with Crippen molar-refractivity contribution >= 4 is 16.6 Å². The van der Waals surface area contributed by atoms with Crippen molar-refractivity contribution in [3.8, 4) is 0 Å². The molecule has 1 heterocycles. The van der Waals surface area contributed by atoms with E-state index < -0.39 is 5.54 Å². The molecule has 6 aromatic rings. The van der Waals surface area contributed by atoms with Gasteiger partial charge >= 0.3 is 0 Å². The molecule has 0 aliphatic rings. The minimum atomic E-state index is -0.407. The maximum atomic E-state index is 5.29. The minimum Gasteiger partial charge on any atom is -0.674 e. The number of para-hydroxylation sites is 2. The second-order valence-corrected chi connectivity index (χ2v) is 12.7. The van der Waals surface area contributed by atoms with E-state index in [1.54, 1.807) is 0 Å². The molecular weight excluding hydrogens is 749 g/mol.